The van der Waals surface area contributed by atoms with E-state index in [1.165, 1.54) is 0 Å². The van der Waals surface area contributed by atoms with Gasteiger partial charge in [-0.25, -0.2) is 4.98 Å². The molecule has 0 fully saturated rings. The number of aromatic nitrogens is 2. The van der Waals surface area contributed by atoms with Crippen LogP contribution in [0.2, 0.25) is 0 Å². The molecule has 0 saturated carbocycles. The summed E-state index contributed by atoms with van der Waals surface area (Å²) in [5, 5.41) is 0. The highest BCUT2D eigenvalue weighted by molar-refractivity contribution is 7.80. The number of benzene rings is 1. The van der Waals surface area contributed by atoms with E-state index < -0.39 is 0 Å². The first kappa shape index (κ1) is 11.6. The molecule has 0 aliphatic carbocycles. The zero-order chi connectivity index (χ0) is 12.1. The average Bonchev–Trinajstić information content (AvgIpc) is 2.83. The summed E-state index contributed by atoms with van der Waals surface area (Å²) in [6, 6.07) is 7.44. The minimum Gasteiger partial charge on any atom is -0.492 e. The van der Waals surface area contributed by atoms with Crippen molar-refractivity contribution in [2.45, 2.75) is 6.54 Å². The van der Waals surface area contributed by atoms with Crippen molar-refractivity contribution in [3.63, 3.8) is 0 Å². The minimum atomic E-state index is 0.398. The van der Waals surface area contributed by atoms with E-state index in [9.17, 15) is 0 Å². The van der Waals surface area contributed by atoms with Crippen molar-refractivity contribution in [2.24, 2.45) is 5.73 Å². The largest absolute Gasteiger partial charge is 0.492 e. The van der Waals surface area contributed by atoms with Gasteiger partial charge in [0.25, 0.3) is 0 Å². The van der Waals surface area contributed by atoms with Crippen molar-refractivity contribution >= 4 is 17.2 Å². The molecule has 2 rings (SSSR count). The molecule has 88 valence electrons. The van der Waals surface area contributed by atoms with E-state index in [1.54, 1.807) is 12.5 Å². The standard InChI is InChI=1S/C12H13N3OS/c13-12(17)10-1-3-11(4-2-10)16-8-7-15-6-5-14-9-15/h1-6,9H,7-8H2,(H2,13,17). The highest BCUT2D eigenvalue weighted by Crippen LogP contribution is 2.12. The number of nitrogens with two attached hydrogens (primary N) is 1. The van der Waals surface area contributed by atoms with E-state index in [1.807, 2.05) is 35.0 Å². The van der Waals surface area contributed by atoms with Gasteiger partial charge in [-0.15, -0.1) is 0 Å². The lowest BCUT2D eigenvalue weighted by molar-refractivity contribution is 0.298. The summed E-state index contributed by atoms with van der Waals surface area (Å²) in [7, 11) is 0. The first-order valence-corrected chi connectivity index (χ1v) is 5.65. The second-order valence-corrected chi connectivity index (χ2v) is 3.98. The number of ether oxygens (including phenoxy) is 1. The van der Waals surface area contributed by atoms with Crippen LogP contribution in [-0.2, 0) is 6.54 Å². The zero-order valence-electron chi connectivity index (χ0n) is 9.24. The summed E-state index contributed by atoms with van der Waals surface area (Å²) >= 11 is 4.87. The molecule has 1 aromatic heterocycles. The summed E-state index contributed by atoms with van der Waals surface area (Å²) in [5.41, 5.74) is 6.36. The van der Waals surface area contributed by atoms with Crippen LogP contribution < -0.4 is 10.5 Å². The van der Waals surface area contributed by atoms with E-state index in [4.69, 9.17) is 22.7 Å². The van der Waals surface area contributed by atoms with Gasteiger partial charge in [0, 0.05) is 18.0 Å². The molecule has 4 nitrogen and oxygen atoms in total. The van der Waals surface area contributed by atoms with Crippen molar-refractivity contribution in [1.82, 2.24) is 9.55 Å². The van der Waals surface area contributed by atoms with Gasteiger partial charge in [0.05, 0.1) is 12.9 Å². The molecule has 0 bridgehead atoms. The molecular formula is C12H13N3OS. The Labute approximate surface area is 105 Å². The van der Waals surface area contributed by atoms with Crippen molar-refractivity contribution in [3.8, 4) is 5.75 Å². The Balaban J connectivity index is 1.85. The second kappa shape index (κ2) is 5.45. The number of rotatable bonds is 5. The average molecular weight is 247 g/mol. The van der Waals surface area contributed by atoms with Crippen LogP contribution >= 0.6 is 12.2 Å². The maximum Gasteiger partial charge on any atom is 0.119 e. The predicted molar refractivity (Wildman–Crippen MR) is 70.1 cm³/mol. The highest BCUT2D eigenvalue weighted by Gasteiger charge is 1.97. The molecule has 2 N–H and O–H groups in total. The Kier molecular flexibility index (Phi) is 3.72. The normalized spacial score (nSPS) is 10.1. The molecule has 1 aromatic carbocycles. The Morgan fingerprint density at radius 2 is 2.12 bits per heavy atom. The second-order valence-electron chi connectivity index (χ2n) is 3.54. The van der Waals surface area contributed by atoms with E-state index in [2.05, 4.69) is 4.98 Å². The quantitative estimate of drug-likeness (QED) is 0.815. The third-order valence-corrected chi connectivity index (χ3v) is 2.55. The summed E-state index contributed by atoms with van der Waals surface area (Å²) in [4.78, 5) is 4.36. The van der Waals surface area contributed by atoms with Gasteiger partial charge >= 0.3 is 0 Å². The van der Waals surface area contributed by atoms with E-state index in [0.29, 0.717) is 11.6 Å². The predicted octanol–water partition coefficient (Wildman–Crippen LogP) is 1.60. The molecular weight excluding hydrogens is 234 g/mol. The van der Waals surface area contributed by atoms with Gasteiger partial charge in [-0.05, 0) is 24.3 Å². The molecule has 0 aliphatic rings. The summed E-state index contributed by atoms with van der Waals surface area (Å²) in [5.74, 6) is 0.810. The third kappa shape index (κ3) is 3.29. The first-order chi connectivity index (χ1) is 8.25. The van der Waals surface area contributed by atoms with Crippen LogP contribution in [0.1, 0.15) is 5.56 Å². The molecule has 0 saturated heterocycles. The van der Waals surface area contributed by atoms with Gasteiger partial charge < -0.3 is 15.0 Å². The SMILES string of the molecule is NC(=S)c1ccc(OCCn2ccnc2)cc1. The monoisotopic (exact) mass is 247 g/mol. The van der Waals surface area contributed by atoms with Crippen molar-refractivity contribution in [3.05, 3.63) is 48.5 Å². The minimum absolute atomic E-state index is 0.398. The first-order valence-electron chi connectivity index (χ1n) is 5.24. The Morgan fingerprint density at radius 1 is 1.35 bits per heavy atom. The summed E-state index contributed by atoms with van der Waals surface area (Å²) in [6.45, 7) is 1.37. The lowest BCUT2D eigenvalue weighted by Gasteiger charge is -2.07. The smallest absolute Gasteiger partial charge is 0.119 e. The fourth-order valence-corrected chi connectivity index (χ4v) is 1.54. The molecule has 17 heavy (non-hydrogen) atoms. The lowest BCUT2D eigenvalue weighted by Crippen LogP contribution is -2.09. The fraction of sp³-hybridized carbons (Fsp3) is 0.167. The van der Waals surface area contributed by atoms with Gasteiger partial charge in [0.2, 0.25) is 0 Å². The number of hydrogen-bond donors (Lipinski definition) is 1. The van der Waals surface area contributed by atoms with Crippen molar-refractivity contribution < 1.29 is 4.74 Å². The van der Waals surface area contributed by atoms with E-state index in [-0.39, 0.29) is 0 Å². The number of imidazole rings is 1. The Hall–Kier alpha value is -1.88. The Bertz CT molecular complexity index is 479. The fourth-order valence-electron chi connectivity index (χ4n) is 1.40. The molecule has 1 heterocycles. The summed E-state index contributed by atoms with van der Waals surface area (Å²) in [6.07, 6.45) is 5.41. The van der Waals surface area contributed by atoms with Gasteiger partial charge in [-0.3, -0.25) is 0 Å². The summed E-state index contributed by atoms with van der Waals surface area (Å²) < 4.78 is 7.54. The maximum absolute atomic E-state index is 5.58. The van der Waals surface area contributed by atoms with Gasteiger partial charge in [0.15, 0.2) is 0 Å². The topological polar surface area (TPSA) is 53.1 Å². The van der Waals surface area contributed by atoms with Crippen LogP contribution in [0.3, 0.4) is 0 Å². The Morgan fingerprint density at radius 3 is 2.71 bits per heavy atom. The number of thiocarbonyl (C=S) groups is 1. The molecule has 5 heteroatoms. The zero-order valence-corrected chi connectivity index (χ0v) is 10.1. The van der Waals surface area contributed by atoms with E-state index in [0.717, 1.165) is 17.9 Å². The van der Waals surface area contributed by atoms with Crippen molar-refractivity contribution in [2.75, 3.05) is 6.61 Å². The molecule has 0 aliphatic heterocycles. The van der Waals surface area contributed by atoms with Crippen LogP contribution in [0.25, 0.3) is 0 Å². The highest BCUT2D eigenvalue weighted by atomic mass is 32.1. The molecule has 0 spiro atoms. The van der Waals surface area contributed by atoms with Crippen molar-refractivity contribution in [1.29, 1.82) is 0 Å². The third-order valence-electron chi connectivity index (χ3n) is 2.32. The molecule has 0 unspecified atom stereocenters. The van der Waals surface area contributed by atoms with Gasteiger partial charge in [-0.2, -0.15) is 0 Å². The van der Waals surface area contributed by atoms with Gasteiger partial charge in [-0.1, -0.05) is 12.2 Å². The lowest BCUT2D eigenvalue weighted by atomic mass is 10.2. The molecule has 0 radical (unpaired) electrons. The van der Waals surface area contributed by atoms with Crippen LogP contribution in [0.4, 0.5) is 0 Å². The van der Waals surface area contributed by atoms with Crippen LogP contribution in [0.15, 0.2) is 43.0 Å². The van der Waals surface area contributed by atoms with Crippen LogP contribution in [0.5, 0.6) is 5.75 Å². The number of nitrogens with zero attached hydrogens (tertiary/aromatic N) is 2. The maximum atomic E-state index is 5.58. The molecule has 2 aromatic rings. The van der Waals surface area contributed by atoms with Gasteiger partial charge in [0.1, 0.15) is 17.3 Å². The van der Waals surface area contributed by atoms with Crippen LogP contribution in [-0.4, -0.2) is 21.1 Å². The van der Waals surface area contributed by atoms with Crippen LogP contribution in [0, 0.1) is 0 Å². The van der Waals surface area contributed by atoms with E-state index >= 15 is 0 Å². The molecule has 0 amide bonds. The molecule has 0 atom stereocenters. The number of hydrogen-bond acceptors (Lipinski definition) is 3.